The molecule has 0 aliphatic carbocycles. The summed E-state index contributed by atoms with van der Waals surface area (Å²) in [7, 11) is 0. The van der Waals surface area contributed by atoms with Gasteiger partial charge in [-0.15, -0.1) is 0 Å². The van der Waals surface area contributed by atoms with Crippen molar-refractivity contribution in [3.05, 3.63) is 0 Å². The fourth-order valence-electron chi connectivity index (χ4n) is 1.49. The van der Waals surface area contributed by atoms with Crippen molar-refractivity contribution in [1.29, 1.82) is 0 Å². The highest BCUT2D eigenvalue weighted by atomic mass is 19.4. The summed E-state index contributed by atoms with van der Waals surface area (Å²) in [6, 6.07) is -0.413. The van der Waals surface area contributed by atoms with Crippen molar-refractivity contribution in [3.8, 4) is 0 Å². The Balaban J connectivity index is 2.55. The number of nitrogens with one attached hydrogen (secondary N) is 1. The lowest BCUT2D eigenvalue weighted by atomic mass is 9.92. The molecule has 0 spiro atoms. The first-order chi connectivity index (χ1) is 5.02. The van der Waals surface area contributed by atoms with E-state index < -0.39 is 18.1 Å². The van der Waals surface area contributed by atoms with Crippen LogP contribution in [0.3, 0.4) is 0 Å². The fraction of sp³-hybridized carbons (Fsp3) is 1.00. The molecule has 11 heavy (non-hydrogen) atoms. The van der Waals surface area contributed by atoms with Gasteiger partial charge < -0.3 is 5.32 Å². The highest BCUT2D eigenvalue weighted by molar-refractivity contribution is 4.82. The van der Waals surface area contributed by atoms with Gasteiger partial charge in [-0.25, -0.2) is 0 Å². The summed E-state index contributed by atoms with van der Waals surface area (Å²) in [6.07, 6.45) is -3.11. The van der Waals surface area contributed by atoms with E-state index in [0.717, 1.165) is 0 Å². The van der Waals surface area contributed by atoms with Gasteiger partial charge in [0.25, 0.3) is 0 Å². The second-order valence-electron chi connectivity index (χ2n) is 3.03. The topological polar surface area (TPSA) is 12.0 Å². The van der Waals surface area contributed by atoms with Gasteiger partial charge in [0.2, 0.25) is 0 Å². The monoisotopic (exact) mass is 167 g/mol. The first-order valence-electron chi connectivity index (χ1n) is 3.82. The third-order valence-corrected chi connectivity index (χ3v) is 2.18. The molecule has 0 aromatic carbocycles. The zero-order chi connectivity index (χ0) is 8.48. The Labute approximate surface area is 64.0 Å². The predicted octanol–water partition coefficient (Wildman–Crippen LogP) is 1.94. The van der Waals surface area contributed by atoms with Gasteiger partial charge in [-0.05, 0) is 26.3 Å². The minimum Gasteiger partial charge on any atom is -0.314 e. The maximum Gasteiger partial charge on any atom is 0.393 e. The summed E-state index contributed by atoms with van der Waals surface area (Å²) in [6.45, 7) is 2.31. The molecule has 1 nitrogen and oxygen atoms in total. The maximum atomic E-state index is 12.2. The van der Waals surface area contributed by atoms with E-state index in [0.29, 0.717) is 13.0 Å². The Morgan fingerprint density at radius 1 is 1.36 bits per heavy atom. The van der Waals surface area contributed by atoms with Crippen LogP contribution >= 0.6 is 0 Å². The summed E-state index contributed by atoms with van der Waals surface area (Å²) in [5.41, 5.74) is 0. The summed E-state index contributed by atoms with van der Waals surface area (Å²) in [5, 5.41) is 2.82. The minimum atomic E-state index is -4.02. The standard InChI is InChI=1S/C7H12F3N/c1-5-6(7(8,9)10)3-2-4-11-5/h5-6,11H,2-4H2,1H3/t5-,6+/m1/s1. The summed E-state index contributed by atoms with van der Waals surface area (Å²) in [5.74, 6) is -1.14. The predicted molar refractivity (Wildman–Crippen MR) is 36.2 cm³/mol. The molecule has 0 aromatic rings. The van der Waals surface area contributed by atoms with Crippen molar-refractivity contribution in [2.75, 3.05) is 6.54 Å². The van der Waals surface area contributed by atoms with Crippen molar-refractivity contribution in [1.82, 2.24) is 5.32 Å². The van der Waals surface area contributed by atoms with E-state index in [1.807, 2.05) is 0 Å². The van der Waals surface area contributed by atoms with E-state index in [4.69, 9.17) is 0 Å². The van der Waals surface area contributed by atoms with Gasteiger partial charge in [0.15, 0.2) is 0 Å². The van der Waals surface area contributed by atoms with Crippen molar-refractivity contribution in [2.24, 2.45) is 5.92 Å². The number of hydrogen-bond acceptors (Lipinski definition) is 1. The maximum absolute atomic E-state index is 12.2. The quantitative estimate of drug-likeness (QED) is 0.581. The average molecular weight is 167 g/mol. The van der Waals surface area contributed by atoms with Crippen LogP contribution in [-0.2, 0) is 0 Å². The molecule has 1 saturated heterocycles. The lowest BCUT2D eigenvalue weighted by Gasteiger charge is -2.31. The van der Waals surface area contributed by atoms with Crippen LogP contribution in [0.2, 0.25) is 0 Å². The Morgan fingerprint density at radius 2 is 2.00 bits per heavy atom. The third kappa shape index (κ3) is 2.09. The molecular formula is C7H12F3N. The number of alkyl halides is 3. The second-order valence-corrected chi connectivity index (χ2v) is 3.03. The fourth-order valence-corrected chi connectivity index (χ4v) is 1.49. The molecule has 1 fully saturated rings. The van der Waals surface area contributed by atoms with E-state index in [2.05, 4.69) is 5.32 Å². The van der Waals surface area contributed by atoms with E-state index in [1.54, 1.807) is 6.92 Å². The first-order valence-corrected chi connectivity index (χ1v) is 3.82. The summed E-state index contributed by atoms with van der Waals surface area (Å²) < 4.78 is 36.5. The van der Waals surface area contributed by atoms with Crippen molar-refractivity contribution >= 4 is 0 Å². The normalized spacial score (nSPS) is 33.8. The van der Waals surface area contributed by atoms with Crippen LogP contribution in [0.4, 0.5) is 13.2 Å². The Bertz CT molecular complexity index is 132. The van der Waals surface area contributed by atoms with E-state index in [9.17, 15) is 13.2 Å². The van der Waals surface area contributed by atoms with Crippen LogP contribution in [0.15, 0.2) is 0 Å². The third-order valence-electron chi connectivity index (χ3n) is 2.18. The molecule has 1 aliphatic heterocycles. The van der Waals surface area contributed by atoms with Crippen LogP contribution in [0.1, 0.15) is 19.8 Å². The lowest BCUT2D eigenvalue weighted by molar-refractivity contribution is -0.186. The molecule has 0 unspecified atom stereocenters. The molecule has 66 valence electrons. The van der Waals surface area contributed by atoms with Gasteiger partial charge in [0, 0.05) is 6.04 Å². The van der Waals surface area contributed by atoms with Gasteiger partial charge in [0.05, 0.1) is 5.92 Å². The van der Waals surface area contributed by atoms with Crippen molar-refractivity contribution < 1.29 is 13.2 Å². The number of hydrogen-bond donors (Lipinski definition) is 1. The molecule has 1 aliphatic rings. The molecule has 0 bridgehead atoms. The second kappa shape index (κ2) is 3.01. The lowest BCUT2D eigenvalue weighted by Crippen LogP contribution is -2.45. The van der Waals surface area contributed by atoms with Crippen LogP contribution in [-0.4, -0.2) is 18.8 Å². The number of rotatable bonds is 0. The SMILES string of the molecule is C[C@H]1NCCC[C@@H]1C(F)(F)F. The van der Waals surface area contributed by atoms with Crippen LogP contribution in [0.5, 0.6) is 0 Å². The Kier molecular flexibility index (Phi) is 2.42. The zero-order valence-corrected chi connectivity index (χ0v) is 6.41. The molecule has 0 saturated carbocycles. The molecule has 0 amide bonds. The van der Waals surface area contributed by atoms with E-state index in [1.165, 1.54) is 0 Å². The number of piperidine rings is 1. The number of halogens is 3. The van der Waals surface area contributed by atoms with Crippen molar-refractivity contribution in [2.45, 2.75) is 32.0 Å². The molecular weight excluding hydrogens is 155 g/mol. The van der Waals surface area contributed by atoms with Gasteiger partial charge in [0.1, 0.15) is 0 Å². The molecule has 2 atom stereocenters. The van der Waals surface area contributed by atoms with Crippen LogP contribution in [0, 0.1) is 5.92 Å². The van der Waals surface area contributed by atoms with Crippen molar-refractivity contribution in [3.63, 3.8) is 0 Å². The molecule has 0 aromatic heterocycles. The summed E-state index contributed by atoms with van der Waals surface area (Å²) >= 11 is 0. The Morgan fingerprint density at radius 3 is 2.36 bits per heavy atom. The minimum absolute atomic E-state index is 0.275. The van der Waals surface area contributed by atoms with Gasteiger partial charge in [-0.2, -0.15) is 13.2 Å². The van der Waals surface area contributed by atoms with Crippen LogP contribution < -0.4 is 5.32 Å². The molecule has 1 N–H and O–H groups in total. The first kappa shape index (κ1) is 8.84. The molecule has 1 heterocycles. The summed E-state index contributed by atoms with van der Waals surface area (Å²) in [4.78, 5) is 0. The Hall–Kier alpha value is -0.250. The highest BCUT2D eigenvalue weighted by Gasteiger charge is 2.43. The smallest absolute Gasteiger partial charge is 0.314 e. The highest BCUT2D eigenvalue weighted by Crippen LogP contribution is 2.33. The molecule has 4 heteroatoms. The molecule has 0 radical (unpaired) electrons. The van der Waals surface area contributed by atoms with E-state index >= 15 is 0 Å². The van der Waals surface area contributed by atoms with Crippen LogP contribution in [0.25, 0.3) is 0 Å². The largest absolute Gasteiger partial charge is 0.393 e. The zero-order valence-electron chi connectivity index (χ0n) is 6.41. The van der Waals surface area contributed by atoms with E-state index in [-0.39, 0.29) is 6.42 Å². The van der Waals surface area contributed by atoms with Gasteiger partial charge in [-0.1, -0.05) is 0 Å². The average Bonchev–Trinajstić information content (AvgIpc) is 1.86. The van der Waals surface area contributed by atoms with Gasteiger partial charge in [-0.3, -0.25) is 0 Å². The van der Waals surface area contributed by atoms with Gasteiger partial charge >= 0.3 is 6.18 Å². The molecule has 1 rings (SSSR count).